The first-order valence-corrected chi connectivity index (χ1v) is 8.79. The maximum Gasteiger partial charge on any atom is 0.317 e. The van der Waals surface area contributed by atoms with Gasteiger partial charge in [0.15, 0.2) is 0 Å². The lowest BCUT2D eigenvalue weighted by molar-refractivity contribution is -0.138. The fraction of sp³-hybridized carbons (Fsp3) is 0.500. The second-order valence-corrected chi connectivity index (χ2v) is 7.12. The maximum absolute atomic E-state index is 13.2. The molecule has 8 nitrogen and oxygen atoms in total. The Labute approximate surface area is 151 Å². The molecule has 2 aliphatic rings. The van der Waals surface area contributed by atoms with Crippen molar-refractivity contribution in [3.63, 3.8) is 0 Å². The molecule has 0 aliphatic carbocycles. The number of amides is 1. The molecule has 2 fully saturated rings. The van der Waals surface area contributed by atoms with E-state index in [1.807, 2.05) is 39.3 Å². The minimum absolute atomic E-state index is 0.0113. The first-order valence-electron chi connectivity index (χ1n) is 8.79. The topological polar surface area (TPSA) is 87.4 Å². The van der Waals surface area contributed by atoms with Crippen molar-refractivity contribution >= 4 is 17.5 Å². The van der Waals surface area contributed by atoms with Gasteiger partial charge in [0.1, 0.15) is 11.3 Å². The lowest BCUT2D eigenvalue weighted by atomic mass is 10.1. The van der Waals surface area contributed by atoms with Crippen LogP contribution in [-0.4, -0.2) is 81.6 Å². The molecule has 0 spiro atoms. The maximum atomic E-state index is 13.2. The van der Waals surface area contributed by atoms with Gasteiger partial charge in [0.2, 0.25) is 0 Å². The third kappa shape index (κ3) is 3.17. The van der Waals surface area contributed by atoms with Gasteiger partial charge in [0.05, 0.1) is 25.8 Å². The number of carboxylic acids is 1. The molecular formula is C18H22N4O4. The zero-order chi connectivity index (χ0) is 18.3. The lowest BCUT2D eigenvalue weighted by Crippen LogP contribution is -2.47. The van der Waals surface area contributed by atoms with E-state index < -0.39 is 5.97 Å². The second-order valence-electron chi connectivity index (χ2n) is 7.12. The van der Waals surface area contributed by atoms with E-state index in [0.29, 0.717) is 38.5 Å². The van der Waals surface area contributed by atoms with E-state index in [0.717, 1.165) is 11.3 Å². The van der Waals surface area contributed by atoms with Crippen LogP contribution in [0.25, 0.3) is 5.65 Å². The number of aryl methyl sites for hydroxylation is 1. The Bertz CT molecular complexity index is 849. The van der Waals surface area contributed by atoms with Gasteiger partial charge in [0, 0.05) is 37.4 Å². The van der Waals surface area contributed by atoms with Gasteiger partial charge in [-0.05, 0) is 19.1 Å². The molecule has 8 heteroatoms. The highest BCUT2D eigenvalue weighted by atomic mass is 16.5. The van der Waals surface area contributed by atoms with Crippen molar-refractivity contribution in [2.45, 2.75) is 13.0 Å². The first kappa shape index (κ1) is 17.0. The fourth-order valence-electron chi connectivity index (χ4n) is 3.91. The molecule has 0 radical (unpaired) electrons. The van der Waals surface area contributed by atoms with Crippen LogP contribution in [0.15, 0.2) is 24.4 Å². The monoisotopic (exact) mass is 358 g/mol. The Balaban J connectivity index is 1.62. The van der Waals surface area contributed by atoms with Crippen LogP contribution in [0, 0.1) is 12.8 Å². The molecule has 2 bridgehead atoms. The lowest BCUT2D eigenvalue weighted by Gasteiger charge is -2.30. The van der Waals surface area contributed by atoms with Gasteiger partial charge in [-0.25, -0.2) is 4.98 Å². The predicted molar refractivity (Wildman–Crippen MR) is 93.1 cm³/mol. The molecule has 2 aromatic heterocycles. The molecule has 0 unspecified atom stereocenters. The van der Waals surface area contributed by atoms with Crippen molar-refractivity contribution in [1.29, 1.82) is 0 Å². The molecule has 138 valence electrons. The van der Waals surface area contributed by atoms with Crippen LogP contribution in [0.2, 0.25) is 0 Å². The van der Waals surface area contributed by atoms with E-state index in [9.17, 15) is 9.59 Å². The summed E-state index contributed by atoms with van der Waals surface area (Å²) in [7, 11) is 0. The summed E-state index contributed by atoms with van der Waals surface area (Å²) >= 11 is 0. The van der Waals surface area contributed by atoms with Crippen LogP contribution < -0.4 is 0 Å². The summed E-state index contributed by atoms with van der Waals surface area (Å²) in [5.41, 5.74) is 2.17. The van der Waals surface area contributed by atoms with Crippen LogP contribution in [0.4, 0.5) is 0 Å². The van der Waals surface area contributed by atoms with Gasteiger partial charge in [-0.3, -0.25) is 14.5 Å². The van der Waals surface area contributed by atoms with Crippen LogP contribution in [0.5, 0.6) is 0 Å². The third-order valence-electron chi connectivity index (χ3n) is 5.08. The highest BCUT2D eigenvalue weighted by Gasteiger charge is 2.37. The van der Waals surface area contributed by atoms with Crippen molar-refractivity contribution in [2.75, 3.05) is 39.4 Å². The van der Waals surface area contributed by atoms with E-state index in [-0.39, 0.29) is 24.4 Å². The molecule has 4 heterocycles. The molecule has 0 saturated carbocycles. The Kier molecular flexibility index (Phi) is 4.37. The second kappa shape index (κ2) is 6.69. The van der Waals surface area contributed by atoms with Crippen molar-refractivity contribution in [3.8, 4) is 0 Å². The normalized spacial score (nSPS) is 23.8. The summed E-state index contributed by atoms with van der Waals surface area (Å²) in [4.78, 5) is 32.5. The quantitative estimate of drug-likeness (QED) is 0.860. The van der Waals surface area contributed by atoms with Gasteiger partial charge < -0.3 is 19.1 Å². The zero-order valence-corrected chi connectivity index (χ0v) is 14.7. The van der Waals surface area contributed by atoms with Gasteiger partial charge in [-0.1, -0.05) is 6.07 Å². The van der Waals surface area contributed by atoms with Crippen LogP contribution in [0.1, 0.15) is 16.2 Å². The summed E-state index contributed by atoms with van der Waals surface area (Å²) in [6.07, 6.45) is 1.78. The highest BCUT2D eigenvalue weighted by Crippen LogP contribution is 2.22. The van der Waals surface area contributed by atoms with Crippen molar-refractivity contribution in [1.82, 2.24) is 19.2 Å². The molecule has 4 rings (SSSR count). The minimum Gasteiger partial charge on any atom is -0.480 e. The Morgan fingerprint density at radius 3 is 2.88 bits per heavy atom. The Hall–Kier alpha value is -2.45. The molecule has 1 amide bonds. The first-order chi connectivity index (χ1) is 12.5. The van der Waals surface area contributed by atoms with Gasteiger partial charge in [-0.2, -0.15) is 0 Å². The van der Waals surface area contributed by atoms with Gasteiger partial charge in [0.25, 0.3) is 5.91 Å². The Morgan fingerprint density at radius 1 is 1.27 bits per heavy atom. The summed E-state index contributed by atoms with van der Waals surface area (Å²) in [6.45, 7) is 4.61. The number of rotatable bonds is 3. The van der Waals surface area contributed by atoms with Crippen LogP contribution >= 0.6 is 0 Å². The summed E-state index contributed by atoms with van der Waals surface area (Å²) in [6, 6.07) is 5.60. The standard InChI is InChI=1S/C18H22N4O4/c1-12-3-2-4-16-19-15(8-21(12)16)18(25)22-6-13-5-20(9-17(23)24)7-14(22)11-26-10-13/h2-4,8,13-14H,5-7,9-11H2,1H3,(H,23,24)/t13-,14-/m0/s1. The highest BCUT2D eigenvalue weighted by molar-refractivity contribution is 5.93. The average molecular weight is 358 g/mol. The number of carboxylic acid groups (broad SMARTS) is 1. The number of nitrogens with zero attached hydrogens (tertiary/aromatic N) is 4. The van der Waals surface area contributed by atoms with Gasteiger partial charge in [-0.15, -0.1) is 0 Å². The average Bonchev–Trinajstić information content (AvgIpc) is 2.82. The zero-order valence-electron chi connectivity index (χ0n) is 14.7. The van der Waals surface area contributed by atoms with E-state index in [2.05, 4.69) is 4.98 Å². The number of aliphatic carboxylic acids is 1. The van der Waals surface area contributed by atoms with E-state index in [1.54, 1.807) is 6.20 Å². The number of imidazole rings is 1. The van der Waals surface area contributed by atoms with E-state index in [1.165, 1.54) is 0 Å². The molecule has 2 aliphatic heterocycles. The summed E-state index contributed by atoms with van der Waals surface area (Å²) in [5, 5.41) is 9.11. The van der Waals surface area contributed by atoms with E-state index in [4.69, 9.17) is 9.84 Å². The molecule has 0 aromatic carbocycles. The number of hydrogen-bond acceptors (Lipinski definition) is 5. The minimum atomic E-state index is -0.848. The molecule has 2 aromatic rings. The summed E-state index contributed by atoms with van der Waals surface area (Å²) < 4.78 is 7.62. The SMILES string of the molecule is Cc1cccc2nc(C(=O)N3C[C@H]4COC[C@@H]3CN(CC(=O)O)C4)cn12. The van der Waals surface area contributed by atoms with Crippen molar-refractivity contribution < 1.29 is 19.4 Å². The number of carbonyl (C=O) groups is 2. The fourth-order valence-corrected chi connectivity index (χ4v) is 3.91. The number of aromatic nitrogens is 2. The van der Waals surface area contributed by atoms with E-state index >= 15 is 0 Å². The van der Waals surface area contributed by atoms with Gasteiger partial charge >= 0.3 is 5.97 Å². The number of hydrogen-bond donors (Lipinski definition) is 1. The number of carbonyl (C=O) groups excluding carboxylic acids is 1. The van der Waals surface area contributed by atoms with Crippen molar-refractivity contribution in [2.24, 2.45) is 5.92 Å². The third-order valence-corrected chi connectivity index (χ3v) is 5.08. The number of pyridine rings is 1. The molecule has 2 atom stereocenters. The number of ether oxygens (including phenoxy) is 1. The Morgan fingerprint density at radius 2 is 2.12 bits per heavy atom. The molecule has 1 N–H and O–H groups in total. The summed E-state index contributed by atoms with van der Waals surface area (Å²) in [5.74, 6) is -0.866. The van der Waals surface area contributed by atoms with Crippen molar-refractivity contribution in [3.05, 3.63) is 35.8 Å². The van der Waals surface area contributed by atoms with Crippen LogP contribution in [0.3, 0.4) is 0 Å². The molecular weight excluding hydrogens is 336 g/mol. The van der Waals surface area contributed by atoms with Crippen LogP contribution in [-0.2, 0) is 9.53 Å². The number of fused-ring (bicyclic) bond motifs is 4. The molecule has 2 saturated heterocycles. The smallest absolute Gasteiger partial charge is 0.317 e. The predicted octanol–water partition coefficient (Wildman–Crippen LogP) is 0.500. The molecule has 26 heavy (non-hydrogen) atoms. The largest absolute Gasteiger partial charge is 0.480 e.